The van der Waals surface area contributed by atoms with E-state index in [1.165, 1.54) is 18.3 Å². The normalized spacial score (nSPS) is 16.8. The average molecular weight is 340 g/mol. The highest BCUT2D eigenvalue weighted by molar-refractivity contribution is 7.09. The fourth-order valence-corrected chi connectivity index (χ4v) is 3.05. The minimum absolute atomic E-state index is 0.0159. The van der Waals surface area contributed by atoms with Crippen LogP contribution in [0.3, 0.4) is 0 Å². The van der Waals surface area contributed by atoms with Gasteiger partial charge in [0.15, 0.2) is 5.78 Å². The first-order valence-corrected chi connectivity index (χ1v) is 8.64. The van der Waals surface area contributed by atoms with Gasteiger partial charge in [-0.3, -0.25) is 14.7 Å². The number of ether oxygens (including phenoxy) is 1. The van der Waals surface area contributed by atoms with Crippen LogP contribution in [-0.2, 0) is 16.1 Å². The van der Waals surface area contributed by atoms with Gasteiger partial charge in [0.05, 0.1) is 31.3 Å². The van der Waals surface area contributed by atoms with Crippen LogP contribution in [-0.4, -0.2) is 72.5 Å². The predicted octanol–water partition coefficient (Wildman–Crippen LogP) is 0.964. The molecule has 1 unspecified atom stereocenters. The number of ketones is 1. The number of carbonyl (C=O) groups excluding carboxylic acids is 2. The summed E-state index contributed by atoms with van der Waals surface area (Å²) in [5.41, 5.74) is 1.74. The van der Waals surface area contributed by atoms with Gasteiger partial charge in [0.2, 0.25) is 0 Å². The van der Waals surface area contributed by atoms with Gasteiger partial charge in [-0.1, -0.05) is 0 Å². The number of hydrogen-bond acceptors (Lipinski definition) is 6. The molecule has 2 heterocycles. The number of nitrogens with one attached hydrogen (secondary N) is 1. The van der Waals surface area contributed by atoms with Gasteiger partial charge in [-0.2, -0.15) is 0 Å². The summed E-state index contributed by atoms with van der Waals surface area (Å²) in [5.74, 6) is -0.0159. The van der Waals surface area contributed by atoms with Crippen molar-refractivity contribution < 1.29 is 14.3 Å². The minimum atomic E-state index is -0.450. The number of urea groups is 1. The Morgan fingerprint density at radius 3 is 2.83 bits per heavy atom. The van der Waals surface area contributed by atoms with E-state index in [0.717, 1.165) is 37.7 Å². The first-order chi connectivity index (χ1) is 11.1. The van der Waals surface area contributed by atoms with Gasteiger partial charge in [-0.15, -0.1) is 11.3 Å². The van der Waals surface area contributed by atoms with E-state index in [-0.39, 0.29) is 11.8 Å². The molecule has 128 valence electrons. The molecule has 1 atom stereocenters. The molecule has 8 heteroatoms. The Kier molecular flexibility index (Phi) is 6.94. The molecule has 0 aliphatic carbocycles. The maximum atomic E-state index is 12.2. The molecular weight excluding hydrogens is 316 g/mol. The second-order valence-corrected chi connectivity index (χ2v) is 6.65. The van der Waals surface area contributed by atoms with Crippen molar-refractivity contribution in [2.75, 3.05) is 39.9 Å². The Balaban J connectivity index is 1.80. The van der Waals surface area contributed by atoms with Crippen LogP contribution >= 0.6 is 11.3 Å². The summed E-state index contributed by atoms with van der Waals surface area (Å²) >= 11 is 1.50. The summed E-state index contributed by atoms with van der Waals surface area (Å²) in [5, 5.41) is 2.83. The van der Waals surface area contributed by atoms with Crippen molar-refractivity contribution >= 4 is 23.2 Å². The van der Waals surface area contributed by atoms with Crippen LogP contribution < -0.4 is 5.32 Å². The third kappa shape index (κ3) is 5.89. The Morgan fingerprint density at radius 1 is 1.48 bits per heavy atom. The van der Waals surface area contributed by atoms with E-state index < -0.39 is 6.04 Å². The number of Topliss-reactive ketones (excluding diaryl/α,β-unsaturated/α-hetero) is 1. The zero-order valence-electron chi connectivity index (χ0n) is 13.7. The number of rotatable bonds is 7. The molecule has 0 bridgehead atoms. The molecule has 1 aliphatic heterocycles. The molecule has 7 nitrogen and oxygen atoms in total. The third-order valence-electron chi connectivity index (χ3n) is 3.85. The number of nitrogens with zero attached hydrogens (tertiary/aromatic N) is 3. The molecule has 1 saturated heterocycles. The molecule has 1 aliphatic rings. The SMILES string of the molecule is CC(=O)C(CCN1CCOCC1)NC(=O)N(C)Cc1cncs1. The summed E-state index contributed by atoms with van der Waals surface area (Å²) in [6.45, 7) is 6.02. The number of amides is 2. The third-order valence-corrected chi connectivity index (χ3v) is 4.61. The number of morpholine rings is 1. The van der Waals surface area contributed by atoms with Crippen molar-refractivity contribution in [3.63, 3.8) is 0 Å². The van der Waals surface area contributed by atoms with Crippen molar-refractivity contribution in [3.05, 3.63) is 16.6 Å². The van der Waals surface area contributed by atoms with Crippen molar-refractivity contribution in [2.45, 2.75) is 25.9 Å². The Hall–Kier alpha value is -1.51. The zero-order valence-corrected chi connectivity index (χ0v) is 14.5. The second kappa shape index (κ2) is 8.95. The summed E-state index contributed by atoms with van der Waals surface area (Å²) in [7, 11) is 1.72. The second-order valence-electron chi connectivity index (χ2n) is 5.68. The monoisotopic (exact) mass is 340 g/mol. The predicted molar refractivity (Wildman–Crippen MR) is 88.5 cm³/mol. The van der Waals surface area contributed by atoms with E-state index in [1.54, 1.807) is 23.7 Å². The van der Waals surface area contributed by atoms with Crippen molar-refractivity contribution in [3.8, 4) is 0 Å². The molecule has 23 heavy (non-hydrogen) atoms. The van der Waals surface area contributed by atoms with Crippen LogP contribution in [0.15, 0.2) is 11.7 Å². The van der Waals surface area contributed by atoms with Crippen LogP contribution in [0.2, 0.25) is 0 Å². The lowest BCUT2D eigenvalue weighted by atomic mass is 10.1. The molecule has 0 radical (unpaired) electrons. The van der Waals surface area contributed by atoms with Gasteiger partial charge in [0.1, 0.15) is 0 Å². The lowest BCUT2D eigenvalue weighted by Gasteiger charge is -2.28. The van der Waals surface area contributed by atoms with Crippen molar-refractivity contribution in [2.24, 2.45) is 0 Å². The summed E-state index contributed by atoms with van der Waals surface area (Å²) in [4.78, 5) is 32.9. The molecule has 0 spiro atoms. The van der Waals surface area contributed by atoms with Crippen LogP contribution in [0.25, 0.3) is 0 Å². The molecule has 1 fully saturated rings. The molecule has 1 aromatic heterocycles. The van der Waals surface area contributed by atoms with E-state index in [4.69, 9.17) is 4.74 Å². The van der Waals surface area contributed by atoms with E-state index in [1.807, 2.05) is 0 Å². The van der Waals surface area contributed by atoms with Gasteiger partial charge in [-0.25, -0.2) is 4.79 Å². The van der Waals surface area contributed by atoms with Crippen molar-refractivity contribution in [1.29, 1.82) is 0 Å². The maximum absolute atomic E-state index is 12.2. The lowest BCUT2D eigenvalue weighted by Crippen LogP contribution is -2.47. The van der Waals surface area contributed by atoms with Gasteiger partial charge in [0.25, 0.3) is 0 Å². The molecule has 1 aromatic rings. The summed E-state index contributed by atoms with van der Waals surface area (Å²) < 4.78 is 5.31. The number of hydrogen-bond donors (Lipinski definition) is 1. The largest absolute Gasteiger partial charge is 0.379 e. The van der Waals surface area contributed by atoms with Crippen LogP contribution in [0.5, 0.6) is 0 Å². The van der Waals surface area contributed by atoms with Crippen LogP contribution in [0.4, 0.5) is 4.79 Å². The maximum Gasteiger partial charge on any atom is 0.318 e. The van der Waals surface area contributed by atoms with Gasteiger partial charge in [0, 0.05) is 37.8 Å². The first-order valence-electron chi connectivity index (χ1n) is 7.76. The summed E-state index contributed by atoms with van der Waals surface area (Å²) in [6, 6.07) is -0.685. The highest BCUT2D eigenvalue weighted by Gasteiger charge is 2.21. The first kappa shape index (κ1) is 17.8. The van der Waals surface area contributed by atoms with Crippen LogP contribution in [0.1, 0.15) is 18.2 Å². The number of aromatic nitrogens is 1. The Morgan fingerprint density at radius 2 is 2.22 bits per heavy atom. The standard InChI is InChI=1S/C15H24N4O3S/c1-12(20)14(3-4-19-5-7-22-8-6-19)17-15(21)18(2)10-13-9-16-11-23-13/h9,11,14H,3-8,10H2,1-2H3,(H,17,21). The fourth-order valence-electron chi connectivity index (χ4n) is 2.40. The van der Waals surface area contributed by atoms with Crippen molar-refractivity contribution in [1.82, 2.24) is 20.1 Å². The quantitative estimate of drug-likeness (QED) is 0.800. The van der Waals surface area contributed by atoms with E-state index in [9.17, 15) is 9.59 Å². The minimum Gasteiger partial charge on any atom is -0.379 e. The van der Waals surface area contributed by atoms with Gasteiger partial charge in [-0.05, 0) is 13.3 Å². The Labute approximate surface area is 140 Å². The number of thiazole rings is 1. The Bertz CT molecular complexity index is 503. The fraction of sp³-hybridized carbons (Fsp3) is 0.667. The molecule has 0 aromatic carbocycles. The van der Waals surface area contributed by atoms with E-state index in [0.29, 0.717) is 13.0 Å². The highest BCUT2D eigenvalue weighted by atomic mass is 32.1. The van der Waals surface area contributed by atoms with E-state index >= 15 is 0 Å². The average Bonchev–Trinajstić information content (AvgIpc) is 3.04. The highest BCUT2D eigenvalue weighted by Crippen LogP contribution is 2.09. The zero-order chi connectivity index (χ0) is 16.7. The summed E-state index contributed by atoms with van der Waals surface area (Å²) in [6.07, 6.45) is 2.37. The molecule has 0 saturated carbocycles. The van der Waals surface area contributed by atoms with Crippen LogP contribution in [0, 0.1) is 0 Å². The topological polar surface area (TPSA) is 74.8 Å². The van der Waals surface area contributed by atoms with Gasteiger partial charge >= 0.3 is 6.03 Å². The lowest BCUT2D eigenvalue weighted by molar-refractivity contribution is -0.119. The molecule has 2 amide bonds. The number of carbonyl (C=O) groups is 2. The smallest absolute Gasteiger partial charge is 0.318 e. The van der Waals surface area contributed by atoms with Gasteiger partial charge < -0.3 is 15.0 Å². The van der Waals surface area contributed by atoms with E-state index in [2.05, 4.69) is 15.2 Å². The molecule has 2 rings (SSSR count). The molecule has 1 N–H and O–H groups in total. The molecular formula is C15H24N4O3S.